The minimum atomic E-state index is -0.586. The van der Waals surface area contributed by atoms with Crippen LogP contribution in [-0.4, -0.2) is 10.1 Å². The molecule has 0 saturated carbocycles. The molecule has 3 heteroatoms. The molecule has 1 heterocycles. The Morgan fingerprint density at radius 2 is 2.07 bits per heavy atom. The minimum absolute atomic E-state index is 0.0637. The van der Waals surface area contributed by atoms with E-state index in [4.69, 9.17) is 11.6 Å². The molecule has 84 valence electrons. The second kappa shape index (κ2) is 4.50. The van der Waals surface area contributed by atoms with Crippen LogP contribution in [0.1, 0.15) is 44.6 Å². The van der Waals surface area contributed by atoms with Gasteiger partial charge < -0.3 is 5.11 Å². The summed E-state index contributed by atoms with van der Waals surface area (Å²) in [6.45, 7) is 8.16. The maximum atomic E-state index is 10.0. The van der Waals surface area contributed by atoms with Crippen LogP contribution >= 0.6 is 11.6 Å². The van der Waals surface area contributed by atoms with Gasteiger partial charge in [-0.3, -0.25) is 4.98 Å². The summed E-state index contributed by atoms with van der Waals surface area (Å²) in [5, 5.41) is 10.6. The molecule has 1 N–H and O–H groups in total. The van der Waals surface area contributed by atoms with Crippen molar-refractivity contribution < 1.29 is 5.11 Å². The van der Waals surface area contributed by atoms with Crippen molar-refractivity contribution in [2.24, 2.45) is 5.41 Å². The largest absolute Gasteiger partial charge is 0.387 e. The SMILES string of the molecule is Cc1ccnc(C(O)CC(C)(C)C)c1Cl. The molecule has 0 amide bonds. The van der Waals surface area contributed by atoms with E-state index in [2.05, 4.69) is 25.8 Å². The van der Waals surface area contributed by atoms with Gasteiger partial charge >= 0.3 is 0 Å². The summed E-state index contributed by atoms with van der Waals surface area (Å²) in [5.41, 5.74) is 1.61. The lowest BCUT2D eigenvalue weighted by Crippen LogP contribution is -2.13. The number of nitrogens with zero attached hydrogens (tertiary/aromatic N) is 1. The Morgan fingerprint density at radius 1 is 1.47 bits per heavy atom. The first kappa shape index (κ1) is 12.5. The van der Waals surface area contributed by atoms with Crippen molar-refractivity contribution in [1.29, 1.82) is 0 Å². The molecular weight excluding hydrogens is 210 g/mol. The van der Waals surface area contributed by atoms with Crippen molar-refractivity contribution in [2.75, 3.05) is 0 Å². The molecular formula is C12H18ClNO. The van der Waals surface area contributed by atoms with E-state index in [9.17, 15) is 5.11 Å². The fourth-order valence-electron chi connectivity index (χ4n) is 1.47. The quantitative estimate of drug-likeness (QED) is 0.839. The van der Waals surface area contributed by atoms with Gasteiger partial charge in [-0.05, 0) is 30.4 Å². The van der Waals surface area contributed by atoms with Crippen LogP contribution in [0.5, 0.6) is 0 Å². The normalized spacial score (nSPS) is 14.0. The zero-order valence-corrected chi connectivity index (χ0v) is 10.5. The van der Waals surface area contributed by atoms with Crippen LogP contribution in [-0.2, 0) is 0 Å². The van der Waals surface area contributed by atoms with Crippen molar-refractivity contribution in [3.05, 3.63) is 28.5 Å². The van der Waals surface area contributed by atoms with Crippen molar-refractivity contribution in [3.8, 4) is 0 Å². The first-order chi connectivity index (χ1) is 6.81. The molecule has 0 radical (unpaired) electrons. The maximum Gasteiger partial charge on any atom is 0.0980 e. The van der Waals surface area contributed by atoms with Crippen LogP contribution < -0.4 is 0 Å². The summed E-state index contributed by atoms with van der Waals surface area (Å²) >= 11 is 6.09. The lowest BCUT2D eigenvalue weighted by atomic mass is 9.88. The van der Waals surface area contributed by atoms with E-state index in [1.54, 1.807) is 6.20 Å². The second-order valence-electron chi connectivity index (χ2n) is 5.11. The van der Waals surface area contributed by atoms with Gasteiger partial charge in [0.2, 0.25) is 0 Å². The van der Waals surface area contributed by atoms with E-state index in [1.165, 1.54) is 0 Å². The van der Waals surface area contributed by atoms with Crippen LogP contribution in [0, 0.1) is 12.3 Å². The molecule has 0 aliphatic rings. The van der Waals surface area contributed by atoms with Crippen molar-refractivity contribution in [1.82, 2.24) is 4.98 Å². The number of aliphatic hydroxyl groups excluding tert-OH is 1. The number of pyridine rings is 1. The summed E-state index contributed by atoms with van der Waals surface area (Å²) in [4.78, 5) is 4.14. The molecule has 1 unspecified atom stereocenters. The summed E-state index contributed by atoms with van der Waals surface area (Å²) in [6.07, 6.45) is 1.75. The van der Waals surface area contributed by atoms with E-state index in [0.29, 0.717) is 17.1 Å². The average Bonchev–Trinajstić information content (AvgIpc) is 2.06. The predicted molar refractivity (Wildman–Crippen MR) is 63.0 cm³/mol. The van der Waals surface area contributed by atoms with E-state index in [1.807, 2.05) is 13.0 Å². The van der Waals surface area contributed by atoms with Crippen LogP contribution in [0.3, 0.4) is 0 Å². The molecule has 0 aromatic carbocycles. The van der Waals surface area contributed by atoms with Gasteiger partial charge in [-0.25, -0.2) is 0 Å². The molecule has 0 saturated heterocycles. The number of aryl methyl sites for hydroxylation is 1. The molecule has 0 spiro atoms. The van der Waals surface area contributed by atoms with Gasteiger partial charge in [-0.1, -0.05) is 32.4 Å². The first-order valence-corrected chi connectivity index (χ1v) is 5.48. The van der Waals surface area contributed by atoms with Gasteiger partial charge in [-0.2, -0.15) is 0 Å². The number of hydrogen-bond acceptors (Lipinski definition) is 2. The topological polar surface area (TPSA) is 33.1 Å². The highest BCUT2D eigenvalue weighted by molar-refractivity contribution is 6.32. The van der Waals surface area contributed by atoms with Gasteiger partial charge in [-0.15, -0.1) is 0 Å². The Bertz CT molecular complexity index is 344. The van der Waals surface area contributed by atoms with Gasteiger partial charge in [0.05, 0.1) is 16.8 Å². The van der Waals surface area contributed by atoms with Gasteiger partial charge in [0.25, 0.3) is 0 Å². The molecule has 0 aliphatic heterocycles. The highest BCUT2D eigenvalue weighted by Gasteiger charge is 2.21. The Kier molecular flexibility index (Phi) is 3.74. The Balaban J connectivity index is 2.92. The molecule has 1 aromatic heterocycles. The number of halogens is 1. The van der Waals surface area contributed by atoms with Crippen molar-refractivity contribution >= 4 is 11.6 Å². The predicted octanol–water partition coefficient (Wildman–Crippen LogP) is 3.51. The third kappa shape index (κ3) is 3.47. The van der Waals surface area contributed by atoms with Gasteiger partial charge in [0.15, 0.2) is 0 Å². The Morgan fingerprint density at radius 3 is 2.60 bits per heavy atom. The monoisotopic (exact) mass is 227 g/mol. The zero-order chi connectivity index (χ0) is 11.6. The molecule has 15 heavy (non-hydrogen) atoms. The molecule has 2 nitrogen and oxygen atoms in total. The second-order valence-corrected chi connectivity index (χ2v) is 5.49. The standard InChI is InChI=1S/C12H18ClNO/c1-8-5-6-14-11(10(8)13)9(15)7-12(2,3)4/h5-6,9,15H,7H2,1-4H3. The number of hydrogen-bond donors (Lipinski definition) is 1. The number of rotatable bonds is 2. The number of aromatic nitrogens is 1. The number of aliphatic hydroxyl groups is 1. The van der Waals surface area contributed by atoms with E-state index in [-0.39, 0.29) is 5.41 Å². The highest BCUT2D eigenvalue weighted by atomic mass is 35.5. The molecule has 0 fully saturated rings. The van der Waals surface area contributed by atoms with Crippen LogP contribution in [0.15, 0.2) is 12.3 Å². The molecule has 0 bridgehead atoms. The molecule has 1 aromatic rings. The molecule has 0 aliphatic carbocycles. The fraction of sp³-hybridized carbons (Fsp3) is 0.583. The lowest BCUT2D eigenvalue weighted by molar-refractivity contribution is 0.118. The highest BCUT2D eigenvalue weighted by Crippen LogP contribution is 2.32. The summed E-state index contributed by atoms with van der Waals surface area (Å²) in [5.74, 6) is 0. The third-order valence-corrected chi connectivity index (χ3v) is 2.72. The first-order valence-electron chi connectivity index (χ1n) is 5.10. The molecule has 1 rings (SSSR count). The minimum Gasteiger partial charge on any atom is -0.387 e. The average molecular weight is 228 g/mol. The van der Waals surface area contributed by atoms with Crippen LogP contribution in [0.25, 0.3) is 0 Å². The smallest absolute Gasteiger partial charge is 0.0980 e. The Hall–Kier alpha value is -0.600. The molecule has 1 atom stereocenters. The van der Waals surface area contributed by atoms with Crippen molar-refractivity contribution in [2.45, 2.75) is 40.2 Å². The van der Waals surface area contributed by atoms with E-state index < -0.39 is 6.10 Å². The summed E-state index contributed by atoms with van der Waals surface area (Å²) in [6, 6.07) is 1.84. The van der Waals surface area contributed by atoms with Crippen LogP contribution in [0.4, 0.5) is 0 Å². The third-order valence-electron chi connectivity index (χ3n) is 2.23. The maximum absolute atomic E-state index is 10.0. The Labute approximate surface area is 96.3 Å². The van der Waals surface area contributed by atoms with Gasteiger partial charge in [0, 0.05) is 6.20 Å². The summed E-state index contributed by atoms with van der Waals surface area (Å²) < 4.78 is 0. The van der Waals surface area contributed by atoms with E-state index >= 15 is 0 Å². The summed E-state index contributed by atoms with van der Waals surface area (Å²) in [7, 11) is 0. The zero-order valence-electron chi connectivity index (χ0n) is 9.71. The van der Waals surface area contributed by atoms with E-state index in [0.717, 1.165) is 5.56 Å². The fourth-order valence-corrected chi connectivity index (χ4v) is 1.71. The van der Waals surface area contributed by atoms with Crippen molar-refractivity contribution in [3.63, 3.8) is 0 Å². The van der Waals surface area contributed by atoms with Gasteiger partial charge in [0.1, 0.15) is 0 Å². The van der Waals surface area contributed by atoms with Crippen LogP contribution in [0.2, 0.25) is 5.02 Å². The lowest BCUT2D eigenvalue weighted by Gasteiger charge is -2.22.